The maximum atomic E-state index is 2.60. The van der Waals surface area contributed by atoms with Crippen LogP contribution in [0.1, 0.15) is 76.3 Å². The number of benzene rings is 7. The summed E-state index contributed by atoms with van der Waals surface area (Å²) in [6.45, 7) is 16.7. The first-order chi connectivity index (χ1) is 25.5. The van der Waals surface area contributed by atoms with Gasteiger partial charge in [-0.3, -0.25) is 0 Å². The molecule has 0 saturated heterocycles. The molecular weight excluding hydrogens is 639 g/mol. The molecule has 0 aromatic heterocycles. The highest BCUT2D eigenvalue weighted by atomic mass is 15.2. The monoisotopic (exact) mass is 685 g/mol. The van der Waals surface area contributed by atoms with E-state index in [1.165, 1.54) is 83.7 Å². The van der Waals surface area contributed by atoms with Crippen molar-refractivity contribution in [1.82, 2.24) is 0 Å². The second-order valence-electron chi connectivity index (χ2n) is 17.0. The van der Waals surface area contributed by atoms with Gasteiger partial charge in [0.25, 0.3) is 0 Å². The number of fused-ring (bicyclic) bond motifs is 6. The lowest BCUT2D eigenvalue weighted by molar-refractivity contribution is 0.590. The van der Waals surface area contributed by atoms with Crippen molar-refractivity contribution in [3.8, 4) is 44.5 Å². The number of hydrogen-bond donors (Lipinski definition) is 0. The van der Waals surface area contributed by atoms with Gasteiger partial charge in [-0.2, -0.15) is 0 Å². The molecular formula is C52H47N. The van der Waals surface area contributed by atoms with Crippen LogP contribution < -0.4 is 4.90 Å². The highest BCUT2D eigenvalue weighted by molar-refractivity contribution is 6.09. The van der Waals surface area contributed by atoms with E-state index in [4.69, 9.17) is 0 Å². The molecule has 260 valence electrons. The van der Waals surface area contributed by atoms with Crippen LogP contribution in [0.2, 0.25) is 0 Å². The van der Waals surface area contributed by atoms with E-state index in [1.807, 2.05) is 0 Å². The topological polar surface area (TPSA) is 3.24 Å². The van der Waals surface area contributed by atoms with E-state index in [1.54, 1.807) is 0 Å². The van der Waals surface area contributed by atoms with Crippen LogP contribution in [0.25, 0.3) is 44.5 Å². The Morgan fingerprint density at radius 1 is 0.415 bits per heavy atom. The van der Waals surface area contributed by atoms with Gasteiger partial charge in [-0.25, -0.2) is 0 Å². The van der Waals surface area contributed by atoms with Crippen molar-refractivity contribution in [2.24, 2.45) is 0 Å². The summed E-state index contributed by atoms with van der Waals surface area (Å²) in [5, 5.41) is 0. The SMILES string of the molecule is CC(C)(C)c1ccc(N(c2cccc(-c3ccccc3)c2)c2c3c(c(-c4ccccc4)c4c2C(C)(C)c2ccccc2-4)-c2ccccc2C3(C)C)cc1. The molecule has 7 aromatic rings. The Balaban J connectivity index is 1.47. The molecule has 0 amide bonds. The van der Waals surface area contributed by atoms with Gasteiger partial charge in [0.15, 0.2) is 0 Å². The first-order valence-electron chi connectivity index (χ1n) is 19.0. The van der Waals surface area contributed by atoms with E-state index in [0.29, 0.717) is 0 Å². The summed E-state index contributed by atoms with van der Waals surface area (Å²) in [6.07, 6.45) is 0. The summed E-state index contributed by atoms with van der Waals surface area (Å²) in [7, 11) is 0. The second-order valence-corrected chi connectivity index (χ2v) is 17.0. The fourth-order valence-corrected chi connectivity index (χ4v) is 9.34. The Labute approximate surface area is 315 Å². The average Bonchev–Trinajstić information content (AvgIpc) is 3.56. The first-order valence-corrected chi connectivity index (χ1v) is 19.0. The van der Waals surface area contributed by atoms with Crippen LogP contribution in [0.4, 0.5) is 17.1 Å². The summed E-state index contributed by atoms with van der Waals surface area (Å²) in [4.78, 5) is 2.60. The van der Waals surface area contributed by atoms with Crippen LogP contribution in [0.15, 0.2) is 158 Å². The fourth-order valence-electron chi connectivity index (χ4n) is 9.34. The molecule has 2 aliphatic rings. The Morgan fingerprint density at radius 3 is 1.42 bits per heavy atom. The lowest BCUT2D eigenvalue weighted by Gasteiger charge is -2.38. The van der Waals surface area contributed by atoms with Gasteiger partial charge < -0.3 is 4.90 Å². The molecule has 53 heavy (non-hydrogen) atoms. The Bertz CT molecular complexity index is 2430. The zero-order valence-corrected chi connectivity index (χ0v) is 32.0. The summed E-state index contributed by atoms with van der Waals surface area (Å²) in [5.74, 6) is 0. The Kier molecular flexibility index (Phi) is 7.48. The minimum Gasteiger partial charge on any atom is -0.310 e. The number of hydrogen-bond acceptors (Lipinski definition) is 1. The summed E-state index contributed by atoms with van der Waals surface area (Å²) in [5.41, 5.74) is 20.4. The molecule has 0 heterocycles. The van der Waals surface area contributed by atoms with Crippen LogP contribution in [-0.2, 0) is 16.2 Å². The third kappa shape index (κ3) is 5.05. The molecule has 0 aliphatic heterocycles. The lowest BCUT2D eigenvalue weighted by atomic mass is 9.73. The fraction of sp³-hybridized carbons (Fsp3) is 0.192. The van der Waals surface area contributed by atoms with Crippen molar-refractivity contribution in [2.45, 2.75) is 64.7 Å². The first kappa shape index (κ1) is 33.2. The predicted octanol–water partition coefficient (Wildman–Crippen LogP) is 14.4. The molecule has 9 rings (SSSR count). The molecule has 0 spiro atoms. The Morgan fingerprint density at radius 2 is 0.887 bits per heavy atom. The third-order valence-electron chi connectivity index (χ3n) is 12.0. The van der Waals surface area contributed by atoms with E-state index in [9.17, 15) is 0 Å². The minimum absolute atomic E-state index is 0.0453. The summed E-state index contributed by atoms with van der Waals surface area (Å²) < 4.78 is 0. The van der Waals surface area contributed by atoms with Gasteiger partial charge in [0.1, 0.15) is 0 Å². The Hall–Kier alpha value is -5.66. The average molecular weight is 686 g/mol. The van der Waals surface area contributed by atoms with Crippen LogP contribution >= 0.6 is 0 Å². The molecule has 2 aliphatic carbocycles. The van der Waals surface area contributed by atoms with Gasteiger partial charge in [-0.15, -0.1) is 0 Å². The quantitative estimate of drug-likeness (QED) is 0.174. The molecule has 1 heteroatoms. The number of nitrogens with zero attached hydrogens (tertiary/aromatic N) is 1. The number of rotatable bonds is 5. The van der Waals surface area contributed by atoms with Gasteiger partial charge in [0.05, 0.1) is 5.69 Å². The van der Waals surface area contributed by atoms with Crippen LogP contribution in [0.5, 0.6) is 0 Å². The summed E-state index contributed by atoms with van der Waals surface area (Å²) >= 11 is 0. The smallest absolute Gasteiger partial charge is 0.0556 e. The largest absolute Gasteiger partial charge is 0.310 e. The minimum atomic E-state index is -0.273. The van der Waals surface area contributed by atoms with E-state index in [-0.39, 0.29) is 16.2 Å². The standard InChI is InChI=1S/C52H47N/c1-50(2,3)37-29-31-38(32-30-37)53(39-24-18-23-36(33-39)34-19-10-8-11-20-34)49-47-45(40-25-14-16-27-42(40)51(47,4)5)44(35-21-12-9-13-22-35)46-41-26-15-17-28-43(41)52(6,7)48(46)49/h8-33H,1-7H3. The van der Waals surface area contributed by atoms with Crippen molar-refractivity contribution in [2.75, 3.05) is 4.90 Å². The molecule has 0 bridgehead atoms. The molecule has 0 atom stereocenters. The summed E-state index contributed by atoms with van der Waals surface area (Å²) in [6, 6.07) is 58.8. The van der Waals surface area contributed by atoms with Crippen molar-refractivity contribution in [3.05, 3.63) is 186 Å². The maximum Gasteiger partial charge on any atom is 0.0556 e. The van der Waals surface area contributed by atoms with Crippen molar-refractivity contribution in [1.29, 1.82) is 0 Å². The van der Waals surface area contributed by atoms with Crippen LogP contribution in [-0.4, -0.2) is 0 Å². The van der Waals surface area contributed by atoms with Crippen molar-refractivity contribution < 1.29 is 0 Å². The molecule has 0 saturated carbocycles. The highest BCUT2D eigenvalue weighted by Crippen LogP contribution is 2.66. The highest BCUT2D eigenvalue weighted by Gasteiger charge is 2.48. The van der Waals surface area contributed by atoms with Crippen LogP contribution in [0.3, 0.4) is 0 Å². The van der Waals surface area contributed by atoms with Crippen LogP contribution in [0, 0.1) is 0 Å². The normalized spacial score (nSPS) is 14.6. The van der Waals surface area contributed by atoms with E-state index < -0.39 is 0 Å². The molecule has 0 radical (unpaired) electrons. The number of anilines is 3. The van der Waals surface area contributed by atoms with Gasteiger partial charge in [-0.1, -0.05) is 182 Å². The van der Waals surface area contributed by atoms with Gasteiger partial charge in [0.2, 0.25) is 0 Å². The lowest BCUT2D eigenvalue weighted by Crippen LogP contribution is -2.26. The molecule has 7 aromatic carbocycles. The maximum absolute atomic E-state index is 2.60. The predicted molar refractivity (Wildman–Crippen MR) is 226 cm³/mol. The zero-order chi connectivity index (χ0) is 36.7. The molecule has 0 N–H and O–H groups in total. The van der Waals surface area contributed by atoms with Gasteiger partial charge in [0, 0.05) is 22.2 Å². The van der Waals surface area contributed by atoms with E-state index in [2.05, 4.69) is 211 Å². The molecule has 1 nitrogen and oxygen atoms in total. The third-order valence-corrected chi connectivity index (χ3v) is 12.0. The van der Waals surface area contributed by atoms with E-state index in [0.717, 1.165) is 5.69 Å². The van der Waals surface area contributed by atoms with Crippen molar-refractivity contribution >= 4 is 17.1 Å². The molecule has 0 unspecified atom stereocenters. The van der Waals surface area contributed by atoms with E-state index >= 15 is 0 Å². The second kappa shape index (κ2) is 11.9. The van der Waals surface area contributed by atoms with Crippen molar-refractivity contribution in [3.63, 3.8) is 0 Å². The zero-order valence-electron chi connectivity index (χ0n) is 32.0. The van der Waals surface area contributed by atoms with Gasteiger partial charge >= 0.3 is 0 Å². The van der Waals surface area contributed by atoms with Gasteiger partial charge in [-0.05, 0) is 102 Å². The molecule has 0 fully saturated rings.